The minimum Gasteiger partial charge on any atom is -0.480 e. The third-order valence-electron chi connectivity index (χ3n) is 2.52. The van der Waals surface area contributed by atoms with Crippen molar-refractivity contribution in [1.82, 2.24) is 4.90 Å². The molecular formula is C13H16Cl2N2O3. The molecule has 0 heterocycles. The fourth-order valence-corrected chi connectivity index (χ4v) is 2.20. The highest BCUT2D eigenvalue weighted by Crippen LogP contribution is 2.29. The summed E-state index contributed by atoms with van der Waals surface area (Å²) in [5.41, 5.74) is 6.02. The molecule has 0 saturated heterocycles. The zero-order valence-corrected chi connectivity index (χ0v) is 12.7. The molecule has 0 aromatic heterocycles. The normalized spacial score (nSPS) is 10.7. The molecule has 0 aliphatic heterocycles. The molecule has 20 heavy (non-hydrogen) atoms. The van der Waals surface area contributed by atoms with Crippen molar-refractivity contribution >= 4 is 40.8 Å². The summed E-state index contributed by atoms with van der Waals surface area (Å²) in [4.78, 5) is 24.4. The van der Waals surface area contributed by atoms with E-state index in [1.165, 1.54) is 17.0 Å². The van der Waals surface area contributed by atoms with E-state index in [4.69, 9.17) is 34.0 Å². The van der Waals surface area contributed by atoms with Gasteiger partial charge >= 0.3 is 5.97 Å². The van der Waals surface area contributed by atoms with Gasteiger partial charge in [-0.2, -0.15) is 0 Å². The Hall–Kier alpha value is -1.46. The minimum absolute atomic E-state index is 0.137. The fourth-order valence-electron chi connectivity index (χ4n) is 1.71. The first kappa shape index (κ1) is 16.6. The number of carbonyl (C=O) groups excluding carboxylic acids is 1. The molecule has 110 valence electrons. The second kappa shape index (κ2) is 6.81. The summed E-state index contributed by atoms with van der Waals surface area (Å²) in [6.45, 7) is 3.73. The van der Waals surface area contributed by atoms with Crippen LogP contribution in [0, 0.1) is 5.92 Å². The zero-order valence-electron chi connectivity index (χ0n) is 11.2. The van der Waals surface area contributed by atoms with E-state index < -0.39 is 11.9 Å². The summed E-state index contributed by atoms with van der Waals surface area (Å²) in [6.07, 6.45) is 0. The van der Waals surface area contributed by atoms with E-state index in [-0.39, 0.29) is 33.8 Å². The second-order valence-corrected chi connectivity index (χ2v) is 5.64. The van der Waals surface area contributed by atoms with E-state index in [0.29, 0.717) is 6.54 Å². The van der Waals surface area contributed by atoms with Crippen LogP contribution in [0.3, 0.4) is 0 Å². The van der Waals surface area contributed by atoms with Crippen molar-refractivity contribution in [2.75, 3.05) is 18.8 Å². The Morgan fingerprint density at radius 3 is 2.20 bits per heavy atom. The van der Waals surface area contributed by atoms with Gasteiger partial charge in [0.2, 0.25) is 0 Å². The average Bonchev–Trinajstić information content (AvgIpc) is 2.32. The number of nitrogen functional groups attached to an aromatic ring is 1. The summed E-state index contributed by atoms with van der Waals surface area (Å²) in [5.74, 6) is -1.38. The van der Waals surface area contributed by atoms with Crippen LogP contribution >= 0.6 is 23.2 Å². The summed E-state index contributed by atoms with van der Waals surface area (Å²) in [5, 5.41) is 9.21. The van der Waals surface area contributed by atoms with Crippen LogP contribution in [-0.2, 0) is 4.79 Å². The number of amides is 1. The van der Waals surface area contributed by atoms with Crippen molar-refractivity contribution in [1.29, 1.82) is 0 Å². The molecule has 7 heteroatoms. The van der Waals surface area contributed by atoms with Gasteiger partial charge in [-0.15, -0.1) is 0 Å². The molecule has 0 bridgehead atoms. The van der Waals surface area contributed by atoms with Crippen molar-refractivity contribution in [3.63, 3.8) is 0 Å². The first-order chi connectivity index (χ1) is 9.22. The van der Waals surface area contributed by atoms with Crippen molar-refractivity contribution < 1.29 is 14.7 Å². The van der Waals surface area contributed by atoms with Crippen LogP contribution in [0.2, 0.25) is 10.0 Å². The summed E-state index contributed by atoms with van der Waals surface area (Å²) >= 11 is 11.8. The highest BCUT2D eigenvalue weighted by Gasteiger charge is 2.21. The van der Waals surface area contributed by atoms with Crippen molar-refractivity contribution in [3.8, 4) is 0 Å². The van der Waals surface area contributed by atoms with Crippen molar-refractivity contribution in [2.45, 2.75) is 13.8 Å². The van der Waals surface area contributed by atoms with Crippen LogP contribution in [0.4, 0.5) is 5.69 Å². The number of nitrogens with zero attached hydrogens (tertiary/aromatic N) is 1. The Balaban J connectivity index is 3.08. The lowest BCUT2D eigenvalue weighted by atomic mass is 10.1. The van der Waals surface area contributed by atoms with Gasteiger partial charge in [0.1, 0.15) is 6.54 Å². The van der Waals surface area contributed by atoms with Gasteiger partial charge in [-0.3, -0.25) is 9.59 Å². The highest BCUT2D eigenvalue weighted by atomic mass is 35.5. The number of nitrogens with two attached hydrogens (primary N) is 1. The molecule has 0 atom stereocenters. The third-order valence-corrected chi connectivity index (χ3v) is 3.15. The first-order valence-corrected chi connectivity index (χ1v) is 6.73. The minimum atomic E-state index is -1.08. The number of hydrogen-bond acceptors (Lipinski definition) is 3. The van der Waals surface area contributed by atoms with Gasteiger partial charge in [-0.25, -0.2) is 0 Å². The van der Waals surface area contributed by atoms with Gasteiger partial charge in [-0.05, 0) is 18.1 Å². The Morgan fingerprint density at radius 2 is 1.80 bits per heavy atom. The lowest BCUT2D eigenvalue weighted by Crippen LogP contribution is -2.38. The number of carboxylic acids is 1. The number of carbonyl (C=O) groups is 2. The van der Waals surface area contributed by atoms with Crippen molar-refractivity contribution in [3.05, 3.63) is 27.7 Å². The van der Waals surface area contributed by atoms with E-state index in [2.05, 4.69) is 0 Å². The predicted molar refractivity (Wildman–Crippen MR) is 79.3 cm³/mol. The number of hydrogen-bond donors (Lipinski definition) is 2. The molecule has 3 N–H and O–H groups in total. The van der Waals surface area contributed by atoms with E-state index in [1.807, 2.05) is 13.8 Å². The molecule has 1 amide bonds. The van der Waals surface area contributed by atoms with Crippen molar-refractivity contribution in [2.24, 2.45) is 5.92 Å². The lowest BCUT2D eigenvalue weighted by Gasteiger charge is -2.23. The Labute approximate surface area is 127 Å². The number of rotatable bonds is 5. The van der Waals surface area contributed by atoms with Gasteiger partial charge < -0.3 is 15.7 Å². The number of carboxylic acid groups (broad SMARTS) is 1. The quantitative estimate of drug-likeness (QED) is 0.818. The fraction of sp³-hybridized carbons (Fsp3) is 0.385. The molecule has 0 saturated carbocycles. The average molecular weight is 319 g/mol. The number of aliphatic carboxylic acids is 1. The monoisotopic (exact) mass is 318 g/mol. The molecule has 1 aromatic rings. The van der Waals surface area contributed by atoms with Gasteiger partial charge in [-0.1, -0.05) is 37.0 Å². The van der Waals surface area contributed by atoms with Gasteiger partial charge in [0.15, 0.2) is 0 Å². The van der Waals surface area contributed by atoms with Crippen LogP contribution in [0.5, 0.6) is 0 Å². The third kappa shape index (κ3) is 4.28. The van der Waals surface area contributed by atoms with E-state index >= 15 is 0 Å². The second-order valence-electron chi connectivity index (χ2n) is 4.83. The molecule has 5 nitrogen and oxygen atoms in total. The molecule has 0 aliphatic rings. The maximum absolute atomic E-state index is 12.3. The SMILES string of the molecule is CC(C)CN(CC(=O)O)C(=O)c1cc(Cl)c(N)c(Cl)c1. The largest absolute Gasteiger partial charge is 0.480 e. The lowest BCUT2D eigenvalue weighted by molar-refractivity contribution is -0.137. The smallest absolute Gasteiger partial charge is 0.323 e. The van der Waals surface area contributed by atoms with Gasteiger partial charge in [0.05, 0.1) is 15.7 Å². The van der Waals surface area contributed by atoms with Crippen LogP contribution in [0.1, 0.15) is 24.2 Å². The molecule has 1 aromatic carbocycles. The standard InChI is InChI=1S/C13H16Cl2N2O3/c1-7(2)5-17(6-11(18)19)13(20)8-3-9(14)12(16)10(15)4-8/h3-4,7H,5-6,16H2,1-2H3,(H,18,19). The van der Waals surface area contributed by atoms with Crippen LogP contribution < -0.4 is 5.73 Å². The molecular weight excluding hydrogens is 303 g/mol. The van der Waals surface area contributed by atoms with Gasteiger partial charge in [0.25, 0.3) is 5.91 Å². The van der Waals surface area contributed by atoms with E-state index in [1.54, 1.807) is 0 Å². The molecule has 0 spiro atoms. The molecule has 0 fully saturated rings. The summed E-state index contributed by atoms with van der Waals surface area (Å²) in [6, 6.07) is 2.78. The Kier molecular flexibility index (Phi) is 5.65. The number of benzene rings is 1. The predicted octanol–water partition coefficient (Wildman–Crippen LogP) is 2.76. The molecule has 0 aliphatic carbocycles. The number of halogens is 2. The maximum Gasteiger partial charge on any atom is 0.323 e. The Morgan fingerprint density at radius 1 is 1.30 bits per heavy atom. The number of anilines is 1. The topological polar surface area (TPSA) is 83.6 Å². The Bertz CT molecular complexity index is 509. The zero-order chi connectivity index (χ0) is 15.4. The molecule has 0 unspecified atom stereocenters. The first-order valence-electron chi connectivity index (χ1n) is 5.98. The highest BCUT2D eigenvalue weighted by molar-refractivity contribution is 6.39. The maximum atomic E-state index is 12.3. The molecule has 1 rings (SSSR count). The summed E-state index contributed by atoms with van der Waals surface area (Å²) in [7, 11) is 0. The molecule has 0 radical (unpaired) electrons. The summed E-state index contributed by atoms with van der Waals surface area (Å²) < 4.78 is 0. The van der Waals surface area contributed by atoms with Crippen LogP contribution in [0.25, 0.3) is 0 Å². The van der Waals surface area contributed by atoms with E-state index in [0.717, 1.165) is 0 Å². The van der Waals surface area contributed by atoms with Gasteiger partial charge in [0, 0.05) is 12.1 Å². The van der Waals surface area contributed by atoms with Crippen LogP contribution in [0.15, 0.2) is 12.1 Å². The van der Waals surface area contributed by atoms with Crippen LogP contribution in [-0.4, -0.2) is 35.0 Å². The van der Waals surface area contributed by atoms with E-state index in [9.17, 15) is 9.59 Å².